The van der Waals surface area contributed by atoms with Gasteiger partial charge in [0.05, 0.1) is 16.9 Å². The molecule has 3 heterocycles. The first-order valence-electron chi connectivity index (χ1n) is 20.8. The van der Waals surface area contributed by atoms with Gasteiger partial charge in [-0.1, -0.05) is 188 Å². The van der Waals surface area contributed by atoms with Crippen LogP contribution in [0.3, 0.4) is 0 Å². The number of fused-ring (bicyclic) bond motifs is 7. The molecule has 12 rings (SSSR count). The summed E-state index contributed by atoms with van der Waals surface area (Å²) in [6.07, 6.45) is 1.97. The Labute approximate surface area is 352 Å². The molecule has 0 saturated heterocycles. The van der Waals surface area contributed by atoms with Gasteiger partial charge in [0.15, 0.2) is 0 Å². The van der Waals surface area contributed by atoms with Crippen LogP contribution in [0.5, 0.6) is 0 Å². The Balaban J connectivity index is 1.01. The van der Waals surface area contributed by atoms with Crippen molar-refractivity contribution in [2.45, 2.75) is 6.17 Å². The lowest BCUT2D eigenvalue weighted by atomic mass is 9.89. The summed E-state index contributed by atoms with van der Waals surface area (Å²) < 4.78 is 6.61. The number of benzene rings is 9. The highest BCUT2D eigenvalue weighted by molar-refractivity contribution is 6.28. The van der Waals surface area contributed by atoms with Crippen molar-refractivity contribution >= 4 is 65.8 Å². The van der Waals surface area contributed by atoms with Crippen LogP contribution in [0, 0.1) is 0 Å². The molecule has 0 amide bonds. The zero-order valence-electron chi connectivity index (χ0n) is 33.1. The third kappa shape index (κ3) is 5.91. The minimum Gasteiger partial charge on any atom is -0.456 e. The molecule has 1 N–H and O–H groups in total. The van der Waals surface area contributed by atoms with E-state index in [4.69, 9.17) is 14.4 Å². The van der Waals surface area contributed by atoms with Crippen molar-refractivity contribution < 1.29 is 4.42 Å². The minimum atomic E-state index is -0.214. The van der Waals surface area contributed by atoms with Gasteiger partial charge in [-0.25, -0.2) is 4.98 Å². The van der Waals surface area contributed by atoms with E-state index in [1.807, 2.05) is 12.1 Å². The molecular formula is C57H37N3O. The summed E-state index contributed by atoms with van der Waals surface area (Å²) in [5.41, 5.74) is 14.6. The molecule has 9 aromatic carbocycles. The number of pyridine rings is 1. The number of aromatic nitrogens is 1. The van der Waals surface area contributed by atoms with E-state index in [1.54, 1.807) is 0 Å². The van der Waals surface area contributed by atoms with Crippen molar-refractivity contribution in [3.63, 3.8) is 0 Å². The van der Waals surface area contributed by atoms with Gasteiger partial charge in [-0.3, -0.25) is 4.99 Å². The van der Waals surface area contributed by atoms with Crippen molar-refractivity contribution in [2.24, 2.45) is 4.99 Å². The zero-order valence-corrected chi connectivity index (χ0v) is 33.1. The summed E-state index contributed by atoms with van der Waals surface area (Å²) >= 11 is 0. The SMILES string of the molecule is C1=C(c2ccccc2)NC(c2ccccc2)N=C1c1ccc(-c2ccc(-c3nc4ccccc4c4c(-c5ccccc5)c5c(cc34)oc3ccccc35)cc2)c2ccccc12. The predicted octanol–water partition coefficient (Wildman–Crippen LogP) is 14.6. The Hall–Kier alpha value is -8.08. The van der Waals surface area contributed by atoms with Crippen molar-refractivity contribution in [1.82, 2.24) is 10.3 Å². The second-order valence-corrected chi connectivity index (χ2v) is 15.7. The van der Waals surface area contributed by atoms with E-state index < -0.39 is 0 Å². The van der Waals surface area contributed by atoms with E-state index >= 15 is 0 Å². The summed E-state index contributed by atoms with van der Waals surface area (Å²) in [5.74, 6) is 0. The summed E-state index contributed by atoms with van der Waals surface area (Å²) in [6.45, 7) is 0. The molecule has 11 aromatic rings. The van der Waals surface area contributed by atoms with Crippen molar-refractivity contribution in [3.8, 4) is 33.5 Å². The molecule has 0 fully saturated rings. The Morgan fingerprint density at radius 2 is 1.02 bits per heavy atom. The van der Waals surface area contributed by atoms with E-state index in [0.717, 1.165) is 94.1 Å². The Morgan fingerprint density at radius 3 is 1.77 bits per heavy atom. The smallest absolute Gasteiger partial charge is 0.145 e. The first kappa shape index (κ1) is 34.9. The molecule has 2 aromatic heterocycles. The first-order valence-corrected chi connectivity index (χ1v) is 20.8. The van der Waals surface area contributed by atoms with Crippen molar-refractivity contribution in [2.75, 3.05) is 0 Å². The number of rotatable bonds is 6. The van der Waals surface area contributed by atoms with Crippen LogP contribution in [0.15, 0.2) is 222 Å². The molecule has 0 aliphatic carbocycles. The maximum Gasteiger partial charge on any atom is 0.145 e. The minimum absolute atomic E-state index is 0.214. The number of para-hydroxylation sites is 2. The second kappa shape index (κ2) is 14.3. The van der Waals surface area contributed by atoms with E-state index in [9.17, 15) is 0 Å². The van der Waals surface area contributed by atoms with Crippen LogP contribution in [-0.4, -0.2) is 10.7 Å². The average Bonchev–Trinajstić information content (AvgIpc) is 3.71. The molecule has 0 saturated carbocycles. The zero-order chi connectivity index (χ0) is 40.3. The van der Waals surface area contributed by atoms with Crippen molar-refractivity contribution in [1.29, 1.82) is 0 Å². The van der Waals surface area contributed by atoms with Gasteiger partial charge in [0.2, 0.25) is 0 Å². The number of nitrogens with zero attached hydrogens (tertiary/aromatic N) is 2. The lowest BCUT2D eigenvalue weighted by Gasteiger charge is -2.25. The molecule has 0 spiro atoms. The number of hydrogen-bond donors (Lipinski definition) is 1. The molecule has 1 aliphatic rings. The molecule has 4 heteroatoms. The van der Waals surface area contributed by atoms with E-state index in [0.29, 0.717) is 0 Å². The molecule has 0 bridgehead atoms. The topological polar surface area (TPSA) is 50.4 Å². The van der Waals surface area contributed by atoms with Gasteiger partial charge in [0.1, 0.15) is 17.3 Å². The first-order chi connectivity index (χ1) is 30.2. The maximum absolute atomic E-state index is 6.61. The molecule has 1 atom stereocenters. The van der Waals surface area contributed by atoms with Gasteiger partial charge in [-0.2, -0.15) is 0 Å². The lowest BCUT2D eigenvalue weighted by molar-refractivity contribution is 0.664. The van der Waals surface area contributed by atoms with Crippen LogP contribution in [0.4, 0.5) is 0 Å². The van der Waals surface area contributed by atoms with Gasteiger partial charge in [-0.05, 0) is 62.9 Å². The number of hydrogen-bond acceptors (Lipinski definition) is 4. The fraction of sp³-hybridized carbons (Fsp3) is 0.0175. The average molecular weight is 780 g/mol. The van der Waals surface area contributed by atoms with Crippen molar-refractivity contribution in [3.05, 3.63) is 229 Å². The van der Waals surface area contributed by atoms with E-state index in [1.165, 1.54) is 21.9 Å². The van der Waals surface area contributed by atoms with E-state index in [-0.39, 0.29) is 6.17 Å². The van der Waals surface area contributed by atoms with Crippen LogP contribution >= 0.6 is 0 Å². The Bertz CT molecular complexity index is 3530. The quantitative estimate of drug-likeness (QED) is 0.171. The fourth-order valence-electron chi connectivity index (χ4n) is 9.27. The molecule has 61 heavy (non-hydrogen) atoms. The molecule has 1 aliphatic heterocycles. The Kier molecular flexibility index (Phi) is 8.20. The Morgan fingerprint density at radius 1 is 0.426 bits per heavy atom. The van der Waals surface area contributed by atoms with Crippen LogP contribution in [0.1, 0.15) is 22.9 Å². The van der Waals surface area contributed by atoms with Gasteiger partial charge >= 0.3 is 0 Å². The molecule has 0 radical (unpaired) electrons. The second-order valence-electron chi connectivity index (χ2n) is 15.7. The van der Waals surface area contributed by atoms with Gasteiger partial charge in [0.25, 0.3) is 0 Å². The number of furan rings is 1. The van der Waals surface area contributed by atoms with Crippen LogP contribution < -0.4 is 5.32 Å². The standard InChI is InChI=1S/C57H37N3O/c1-4-16-37(17-5-1)49-35-50(60-57(59-49)40-20-8-3-9-21-40)44-33-32-41(42-22-10-11-23-43(42)44)36-28-30-39(31-29-36)56-47-34-52-55(46-25-13-15-27-51(46)61-52)53(38-18-6-2-7-19-38)54(47)45-24-12-14-26-48(45)58-56/h1-35,57,59H. The summed E-state index contributed by atoms with van der Waals surface area (Å²) in [6, 6.07) is 72.8. The monoisotopic (exact) mass is 779 g/mol. The van der Waals surface area contributed by atoms with Crippen LogP contribution in [0.25, 0.3) is 93.6 Å². The van der Waals surface area contributed by atoms with Crippen LogP contribution in [-0.2, 0) is 0 Å². The summed E-state index contributed by atoms with van der Waals surface area (Å²) in [7, 11) is 0. The maximum atomic E-state index is 6.61. The number of nitrogens with one attached hydrogen (secondary N) is 1. The highest BCUT2D eigenvalue weighted by Gasteiger charge is 2.23. The molecule has 4 nitrogen and oxygen atoms in total. The summed E-state index contributed by atoms with van der Waals surface area (Å²) in [5, 5.41) is 11.6. The largest absolute Gasteiger partial charge is 0.456 e. The third-order valence-corrected chi connectivity index (χ3v) is 12.1. The number of allylic oxidation sites excluding steroid dienone is 1. The van der Waals surface area contributed by atoms with Gasteiger partial charge < -0.3 is 9.73 Å². The number of aliphatic imine (C=N–C) groups is 1. The predicted molar refractivity (Wildman–Crippen MR) is 254 cm³/mol. The molecule has 286 valence electrons. The molecular weight excluding hydrogens is 743 g/mol. The highest BCUT2D eigenvalue weighted by atomic mass is 16.3. The lowest BCUT2D eigenvalue weighted by Crippen LogP contribution is -2.24. The summed E-state index contributed by atoms with van der Waals surface area (Å²) in [4.78, 5) is 10.7. The normalized spacial score (nSPS) is 14.1. The van der Waals surface area contributed by atoms with Gasteiger partial charge in [-0.15, -0.1) is 0 Å². The third-order valence-electron chi connectivity index (χ3n) is 12.1. The van der Waals surface area contributed by atoms with E-state index in [2.05, 4.69) is 206 Å². The highest BCUT2D eigenvalue weighted by Crippen LogP contribution is 2.46. The van der Waals surface area contributed by atoms with Gasteiger partial charge in [0, 0.05) is 49.3 Å². The fourth-order valence-corrected chi connectivity index (χ4v) is 9.27. The molecule has 1 unspecified atom stereocenters. The van der Waals surface area contributed by atoms with Crippen LogP contribution in [0.2, 0.25) is 0 Å².